The normalized spacial score (nSPS) is 14.5. The summed E-state index contributed by atoms with van der Waals surface area (Å²) in [5.41, 5.74) is 1.40. The Balaban J connectivity index is 1.56. The first-order chi connectivity index (χ1) is 13.7. The SMILES string of the molecule is O=C(CN1C(=O)/C(=C\c2ccccc2)Oc2ccccc21)NCc1ccco1. The van der Waals surface area contributed by atoms with Gasteiger partial charge < -0.3 is 14.5 Å². The number of nitrogens with one attached hydrogen (secondary N) is 1. The van der Waals surface area contributed by atoms with Crippen molar-refractivity contribution in [3.8, 4) is 5.75 Å². The van der Waals surface area contributed by atoms with Crippen LogP contribution in [0.3, 0.4) is 0 Å². The van der Waals surface area contributed by atoms with Gasteiger partial charge in [-0.25, -0.2) is 0 Å². The average molecular weight is 374 g/mol. The van der Waals surface area contributed by atoms with E-state index in [0.717, 1.165) is 5.56 Å². The zero-order chi connectivity index (χ0) is 19.3. The molecule has 0 unspecified atom stereocenters. The molecule has 0 radical (unpaired) electrons. The zero-order valence-electron chi connectivity index (χ0n) is 15.0. The number of nitrogens with zero attached hydrogens (tertiary/aromatic N) is 1. The summed E-state index contributed by atoms with van der Waals surface area (Å²) in [6, 6.07) is 20.1. The fraction of sp³-hybridized carbons (Fsp3) is 0.0909. The van der Waals surface area contributed by atoms with Crippen molar-refractivity contribution in [2.75, 3.05) is 11.4 Å². The van der Waals surface area contributed by atoms with E-state index in [9.17, 15) is 9.59 Å². The predicted molar refractivity (Wildman–Crippen MR) is 104 cm³/mol. The van der Waals surface area contributed by atoms with Gasteiger partial charge in [-0.2, -0.15) is 0 Å². The minimum atomic E-state index is -0.365. The van der Waals surface area contributed by atoms with Crippen LogP contribution in [0.4, 0.5) is 5.69 Å². The Kier molecular flexibility index (Phi) is 4.93. The first kappa shape index (κ1) is 17.6. The quantitative estimate of drug-likeness (QED) is 0.695. The number of carbonyl (C=O) groups is 2. The molecule has 0 spiro atoms. The van der Waals surface area contributed by atoms with E-state index in [1.807, 2.05) is 36.4 Å². The number of rotatable bonds is 5. The molecule has 0 aliphatic carbocycles. The van der Waals surface area contributed by atoms with E-state index in [4.69, 9.17) is 9.15 Å². The van der Waals surface area contributed by atoms with Crippen LogP contribution in [0.15, 0.2) is 83.2 Å². The molecule has 1 aliphatic rings. The van der Waals surface area contributed by atoms with E-state index in [2.05, 4.69) is 5.32 Å². The molecule has 3 aromatic rings. The van der Waals surface area contributed by atoms with Crippen molar-refractivity contribution in [2.45, 2.75) is 6.54 Å². The number of carbonyl (C=O) groups excluding carboxylic acids is 2. The predicted octanol–water partition coefficient (Wildman–Crippen LogP) is 3.36. The molecule has 4 rings (SSSR count). The first-order valence-corrected chi connectivity index (χ1v) is 8.85. The molecule has 0 bridgehead atoms. The van der Waals surface area contributed by atoms with Gasteiger partial charge >= 0.3 is 0 Å². The van der Waals surface area contributed by atoms with Crippen molar-refractivity contribution < 1.29 is 18.7 Å². The lowest BCUT2D eigenvalue weighted by Gasteiger charge is -2.30. The number of hydrogen-bond acceptors (Lipinski definition) is 4. The first-order valence-electron chi connectivity index (χ1n) is 8.85. The van der Waals surface area contributed by atoms with Gasteiger partial charge in [0, 0.05) is 0 Å². The highest BCUT2D eigenvalue weighted by Gasteiger charge is 2.31. The van der Waals surface area contributed by atoms with Gasteiger partial charge in [-0.1, -0.05) is 42.5 Å². The molecular formula is C22H18N2O4. The summed E-state index contributed by atoms with van der Waals surface area (Å²) in [7, 11) is 0. The van der Waals surface area contributed by atoms with Crippen LogP contribution in [-0.4, -0.2) is 18.4 Å². The lowest BCUT2D eigenvalue weighted by molar-refractivity contribution is -0.123. The van der Waals surface area contributed by atoms with Gasteiger partial charge in [0.15, 0.2) is 11.5 Å². The van der Waals surface area contributed by atoms with Gasteiger partial charge in [-0.3, -0.25) is 14.5 Å². The van der Waals surface area contributed by atoms with Gasteiger partial charge in [0.2, 0.25) is 5.91 Å². The lowest BCUT2D eigenvalue weighted by atomic mass is 10.1. The third-order valence-corrected chi connectivity index (χ3v) is 4.27. The summed E-state index contributed by atoms with van der Waals surface area (Å²) in [5.74, 6) is 0.690. The molecule has 0 saturated heterocycles. The van der Waals surface area contributed by atoms with E-state index < -0.39 is 0 Å². The molecule has 1 aromatic heterocycles. The summed E-state index contributed by atoms with van der Waals surface area (Å²) in [4.78, 5) is 26.8. The van der Waals surface area contributed by atoms with Gasteiger partial charge in [-0.15, -0.1) is 0 Å². The van der Waals surface area contributed by atoms with Crippen LogP contribution in [0.5, 0.6) is 5.75 Å². The molecule has 2 amide bonds. The van der Waals surface area contributed by atoms with Crippen molar-refractivity contribution >= 4 is 23.6 Å². The van der Waals surface area contributed by atoms with E-state index in [0.29, 0.717) is 17.2 Å². The minimum Gasteiger partial charge on any atom is -0.467 e. The summed E-state index contributed by atoms with van der Waals surface area (Å²) in [5, 5.41) is 2.76. The molecule has 2 aromatic carbocycles. The highest BCUT2D eigenvalue weighted by molar-refractivity contribution is 6.12. The van der Waals surface area contributed by atoms with E-state index in [-0.39, 0.29) is 30.7 Å². The number of para-hydroxylation sites is 2. The molecule has 6 nitrogen and oxygen atoms in total. The summed E-state index contributed by atoms with van der Waals surface area (Å²) >= 11 is 0. The number of fused-ring (bicyclic) bond motifs is 1. The Hall–Kier alpha value is -3.80. The lowest BCUT2D eigenvalue weighted by Crippen LogP contribution is -2.44. The Labute approximate surface area is 162 Å². The van der Waals surface area contributed by atoms with Crippen molar-refractivity contribution in [3.63, 3.8) is 0 Å². The molecule has 2 heterocycles. The van der Waals surface area contributed by atoms with Crippen LogP contribution in [0.25, 0.3) is 6.08 Å². The fourth-order valence-electron chi connectivity index (χ4n) is 2.92. The van der Waals surface area contributed by atoms with Crippen LogP contribution in [0, 0.1) is 0 Å². The molecule has 1 aliphatic heterocycles. The molecule has 1 N–H and O–H groups in total. The highest BCUT2D eigenvalue weighted by atomic mass is 16.5. The van der Waals surface area contributed by atoms with Crippen molar-refractivity contribution in [3.05, 3.63) is 90.1 Å². The Bertz CT molecular complexity index is 1010. The van der Waals surface area contributed by atoms with Crippen molar-refractivity contribution in [1.82, 2.24) is 5.32 Å². The molecule has 140 valence electrons. The number of ether oxygens (including phenoxy) is 1. The van der Waals surface area contributed by atoms with Crippen LogP contribution in [0.1, 0.15) is 11.3 Å². The molecular weight excluding hydrogens is 356 g/mol. The highest BCUT2D eigenvalue weighted by Crippen LogP contribution is 2.35. The fourth-order valence-corrected chi connectivity index (χ4v) is 2.92. The Morgan fingerprint density at radius 1 is 1.00 bits per heavy atom. The van der Waals surface area contributed by atoms with Gasteiger partial charge in [-0.05, 0) is 35.9 Å². The molecule has 0 fully saturated rings. The third kappa shape index (κ3) is 3.81. The van der Waals surface area contributed by atoms with Crippen molar-refractivity contribution in [2.24, 2.45) is 0 Å². The zero-order valence-corrected chi connectivity index (χ0v) is 15.0. The average Bonchev–Trinajstić information content (AvgIpc) is 3.24. The minimum absolute atomic E-state index is 0.119. The van der Waals surface area contributed by atoms with Gasteiger partial charge in [0.1, 0.15) is 12.3 Å². The summed E-state index contributed by atoms with van der Waals surface area (Å²) in [6.45, 7) is 0.144. The maximum atomic E-state index is 13.0. The summed E-state index contributed by atoms with van der Waals surface area (Å²) < 4.78 is 11.0. The second-order valence-electron chi connectivity index (χ2n) is 6.24. The van der Waals surface area contributed by atoms with Gasteiger partial charge in [0.05, 0.1) is 18.5 Å². The standard InChI is InChI=1S/C22H18N2O4/c25-21(23-14-17-9-6-12-27-17)15-24-18-10-4-5-11-19(18)28-20(22(24)26)13-16-7-2-1-3-8-16/h1-13H,14-15H2,(H,23,25)/b20-13+. The topological polar surface area (TPSA) is 71.8 Å². The number of furan rings is 1. The van der Waals surface area contributed by atoms with Crippen LogP contribution >= 0.6 is 0 Å². The monoisotopic (exact) mass is 374 g/mol. The molecule has 6 heteroatoms. The third-order valence-electron chi connectivity index (χ3n) is 4.27. The largest absolute Gasteiger partial charge is 0.467 e. The van der Waals surface area contributed by atoms with E-state index >= 15 is 0 Å². The number of anilines is 1. The van der Waals surface area contributed by atoms with Crippen LogP contribution in [0.2, 0.25) is 0 Å². The van der Waals surface area contributed by atoms with Crippen LogP contribution in [-0.2, 0) is 16.1 Å². The van der Waals surface area contributed by atoms with Crippen LogP contribution < -0.4 is 15.0 Å². The maximum absolute atomic E-state index is 13.0. The number of hydrogen-bond donors (Lipinski definition) is 1. The molecule has 0 saturated carbocycles. The second-order valence-corrected chi connectivity index (χ2v) is 6.24. The second kappa shape index (κ2) is 7.84. The Morgan fingerprint density at radius 3 is 2.57 bits per heavy atom. The smallest absolute Gasteiger partial charge is 0.294 e. The van der Waals surface area contributed by atoms with Gasteiger partial charge in [0.25, 0.3) is 5.91 Å². The van der Waals surface area contributed by atoms with Crippen molar-refractivity contribution in [1.29, 1.82) is 0 Å². The Morgan fingerprint density at radius 2 is 1.79 bits per heavy atom. The molecule has 28 heavy (non-hydrogen) atoms. The summed E-state index contributed by atoms with van der Waals surface area (Å²) in [6.07, 6.45) is 3.22. The number of amides is 2. The molecule has 0 atom stereocenters. The van der Waals surface area contributed by atoms with E-state index in [1.54, 1.807) is 42.7 Å². The maximum Gasteiger partial charge on any atom is 0.294 e. The van der Waals surface area contributed by atoms with E-state index in [1.165, 1.54) is 4.90 Å². The number of benzene rings is 2.